The molecule has 0 aromatic heterocycles. The second-order valence-corrected chi connectivity index (χ2v) is 14.9. The number of hydrogen-bond acceptors (Lipinski definition) is 3. The van der Waals surface area contributed by atoms with E-state index in [0.29, 0.717) is 23.7 Å². The van der Waals surface area contributed by atoms with Crippen LogP contribution in [0.5, 0.6) is 0 Å². The summed E-state index contributed by atoms with van der Waals surface area (Å²) >= 11 is 0. The van der Waals surface area contributed by atoms with Crippen molar-refractivity contribution in [3.63, 3.8) is 0 Å². The SMILES string of the molecule is C=C(C)[C@@H]1CC[C@]2(C(=O)O)CC[C@]3(C)[C@H](CC[C@@H]4[C@@]5(C)C[C@H](C=O)[C@@H](O)C(C)(C)[C@@H]5CC[C@]43C)[C@@H]12. The summed E-state index contributed by atoms with van der Waals surface area (Å²) in [5.41, 5.74) is 0.515. The summed E-state index contributed by atoms with van der Waals surface area (Å²) in [5, 5.41) is 21.6. The average molecular weight is 485 g/mol. The van der Waals surface area contributed by atoms with Crippen molar-refractivity contribution in [1.29, 1.82) is 0 Å². The van der Waals surface area contributed by atoms with Gasteiger partial charge in [-0.05, 0) is 116 Å². The standard InChI is InChI=1S/C31H48O4/c1-18(2)20-10-13-31(26(34)35)15-14-29(6)21(24(20)31)8-9-23-28(5)16-19(17-32)25(33)27(3,4)22(28)11-12-30(23,29)7/h17,19-25,33H,1,8-16H2,2-7H3,(H,34,35)/t19-,20+,21-,22+,23-,24-,25-,28+,29-,30-,31+/m1/s1. The minimum absolute atomic E-state index is 0.0139. The molecular weight excluding hydrogens is 436 g/mol. The fraction of sp³-hybridized carbons (Fsp3) is 0.871. The third-order valence-electron chi connectivity index (χ3n) is 13.7. The lowest BCUT2D eigenvalue weighted by Gasteiger charge is -2.73. The minimum atomic E-state index is -0.586. The molecule has 0 aliphatic heterocycles. The van der Waals surface area contributed by atoms with Crippen LogP contribution in [-0.2, 0) is 9.59 Å². The molecule has 0 amide bonds. The first-order valence-electron chi connectivity index (χ1n) is 14.2. The molecule has 0 unspecified atom stereocenters. The van der Waals surface area contributed by atoms with Gasteiger partial charge in [-0.3, -0.25) is 4.79 Å². The number of aliphatic carboxylic acids is 1. The van der Waals surface area contributed by atoms with Gasteiger partial charge in [0.05, 0.1) is 11.5 Å². The van der Waals surface area contributed by atoms with Gasteiger partial charge in [0, 0.05) is 5.92 Å². The van der Waals surface area contributed by atoms with Crippen molar-refractivity contribution in [1.82, 2.24) is 0 Å². The maximum atomic E-state index is 12.8. The Labute approximate surface area is 212 Å². The van der Waals surface area contributed by atoms with Crippen LogP contribution in [0.25, 0.3) is 0 Å². The first-order chi connectivity index (χ1) is 16.2. The van der Waals surface area contributed by atoms with E-state index < -0.39 is 17.5 Å². The van der Waals surface area contributed by atoms with Crippen LogP contribution < -0.4 is 0 Å². The van der Waals surface area contributed by atoms with Crippen LogP contribution in [-0.4, -0.2) is 28.6 Å². The van der Waals surface area contributed by atoms with Crippen LogP contribution in [0.1, 0.15) is 99.3 Å². The summed E-state index contributed by atoms with van der Waals surface area (Å²) in [6, 6.07) is 0. The molecule has 11 atom stereocenters. The Balaban J connectivity index is 1.58. The molecule has 5 rings (SSSR count). The Morgan fingerprint density at radius 2 is 1.60 bits per heavy atom. The summed E-state index contributed by atoms with van der Waals surface area (Å²) in [4.78, 5) is 24.9. The summed E-state index contributed by atoms with van der Waals surface area (Å²) in [6.45, 7) is 18.3. The number of carbonyl (C=O) groups is 2. The third-order valence-corrected chi connectivity index (χ3v) is 13.7. The quantitative estimate of drug-likeness (QED) is 0.353. The highest BCUT2D eigenvalue weighted by atomic mass is 16.4. The Morgan fingerprint density at radius 3 is 2.20 bits per heavy atom. The highest BCUT2D eigenvalue weighted by molar-refractivity contribution is 5.76. The van der Waals surface area contributed by atoms with Crippen LogP contribution in [0.2, 0.25) is 0 Å². The first-order valence-corrected chi connectivity index (χ1v) is 14.2. The van der Waals surface area contributed by atoms with Crippen molar-refractivity contribution in [2.24, 2.45) is 62.6 Å². The second-order valence-electron chi connectivity index (χ2n) is 14.9. The molecule has 35 heavy (non-hydrogen) atoms. The fourth-order valence-electron chi connectivity index (χ4n) is 11.9. The van der Waals surface area contributed by atoms with Crippen LogP contribution in [0.4, 0.5) is 0 Å². The number of carbonyl (C=O) groups excluding carboxylic acids is 1. The van der Waals surface area contributed by atoms with Gasteiger partial charge in [0.25, 0.3) is 0 Å². The smallest absolute Gasteiger partial charge is 0.309 e. The Bertz CT molecular complexity index is 938. The number of hydrogen-bond donors (Lipinski definition) is 2. The maximum absolute atomic E-state index is 12.8. The number of aliphatic hydroxyl groups excluding tert-OH is 1. The molecule has 5 aliphatic carbocycles. The average Bonchev–Trinajstić information content (AvgIpc) is 3.18. The summed E-state index contributed by atoms with van der Waals surface area (Å²) < 4.78 is 0. The molecule has 0 aromatic carbocycles. The lowest BCUT2D eigenvalue weighted by atomic mass is 9.32. The van der Waals surface area contributed by atoms with Crippen molar-refractivity contribution in [2.45, 2.75) is 105 Å². The predicted molar refractivity (Wildman–Crippen MR) is 138 cm³/mol. The van der Waals surface area contributed by atoms with Gasteiger partial charge in [-0.1, -0.05) is 46.8 Å². The van der Waals surface area contributed by atoms with Crippen molar-refractivity contribution in [2.75, 3.05) is 0 Å². The van der Waals surface area contributed by atoms with E-state index >= 15 is 0 Å². The monoisotopic (exact) mass is 484 g/mol. The lowest BCUT2D eigenvalue weighted by molar-refractivity contribution is -0.254. The third kappa shape index (κ3) is 2.95. The Morgan fingerprint density at radius 1 is 0.914 bits per heavy atom. The zero-order valence-corrected chi connectivity index (χ0v) is 22.9. The number of aliphatic hydroxyl groups is 1. The van der Waals surface area contributed by atoms with E-state index in [9.17, 15) is 19.8 Å². The van der Waals surface area contributed by atoms with Gasteiger partial charge in [0.2, 0.25) is 0 Å². The van der Waals surface area contributed by atoms with Gasteiger partial charge in [0.15, 0.2) is 0 Å². The second kappa shape index (κ2) is 7.68. The minimum Gasteiger partial charge on any atom is -0.481 e. The molecule has 0 bridgehead atoms. The molecule has 4 nitrogen and oxygen atoms in total. The number of allylic oxidation sites excluding steroid dienone is 1. The van der Waals surface area contributed by atoms with E-state index in [1.54, 1.807) is 0 Å². The van der Waals surface area contributed by atoms with Gasteiger partial charge >= 0.3 is 5.97 Å². The summed E-state index contributed by atoms with van der Waals surface area (Å²) in [7, 11) is 0. The largest absolute Gasteiger partial charge is 0.481 e. The van der Waals surface area contributed by atoms with E-state index in [1.807, 2.05) is 0 Å². The molecule has 0 spiro atoms. The normalized spacial score (nSPS) is 54.5. The van der Waals surface area contributed by atoms with E-state index in [-0.39, 0.29) is 33.5 Å². The van der Waals surface area contributed by atoms with Gasteiger partial charge in [-0.25, -0.2) is 0 Å². The van der Waals surface area contributed by atoms with E-state index in [1.165, 1.54) is 5.57 Å². The molecule has 0 saturated heterocycles. The molecule has 2 N–H and O–H groups in total. The van der Waals surface area contributed by atoms with Crippen LogP contribution in [0, 0.1) is 62.6 Å². The van der Waals surface area contributed by atoms with Gasteiger partial charge in [-0.15, -0.1) is 0 Å². The number of aldehydes is 1. The number of carboxylic acids is 1. The summed E-state index contributed by atoms with van der Waals surface area (Å²) in [5.74, 6) is 0.919. The Kier molecular flexibility index (Phi) is 5.59. The van der Waals surface area contributed by atoms with Gasteiger partial charge in [-0.2, -0.15) is 0 Å². The molecule has 0 radical (unpaired) electrons. The summed E-state index contributed by atoms with van der Waals surface area (Å²) in [6.07, 6.45) is 9.17. The zero-order valence-electron chi connectivity index (χ0n) is 22.9. The zero-order chi connectivity index (χ0) is 25.8. The predicted octanol–water partition coefficient (Wildman–Crippen LogP) is 6.51. The van der Waals surface area contributed by atoms with E-state index in [0.717, 1.165) is 64.1 Å². The highest BCUT2D eigenvalue weighted by Gasteiger charge is 2.72. The van der Waals surface area contributed by atoms with Crippen molar-refractivity contribution < 1.29 is 19.8 Å². The fourth-order valence-corrected chi connectivity index (χ4v) is 11.9. The molecule has 5 aliphatic rings. The number of fused-ring (bicyclic) bond motifs is 7. The topological polar surface area (TPSA) is 74.6 Å². The molecule has 0 heterocycles. The van der Waals surface area contributed by atoms with Crippen LogP contribution in [0.3, 0.4) is 0 Å². The Hall–Kier alpha value is -1.16. The molecule has 5 fully saturated rings. The number of rotatable bonds is 3. The number of carboxylic acid groups (broad SMARTS) is 1. The molecular formula is C31H48O4. The molecule has 5 saturated carbocycles. The van der Waals surface area contributed by atoms with Gasteiger partial charge < -0.3 is 15.0 Å². The van der Waals surface area contributed by atoms with Gasteiger partial charge in [0.1, 0.15) is 6.29 Å². The van der Waals surface area contributed by atoms with Crippen molar-refractivity contribution in [3.8, 4) is 0 Å². The highest BCUT2D eigenvalue weighted by Crippen LogP contribution is 2.77. The van der Waals surface area contributed by atoms with Crippen molar-refractivity contribution >= 4 is 12.3 Å². The van der Waals surface area contributed by atoms with Crippen LogP contribution >= 0.6 is 0 Å². The molecule has 196 valence electrons. The molecule has 4 heteroatoms. The molecule has 0 aromatic rings. The van der Waals surface area contributed by atoms with E-state index in [4.69, 9.17) is 0 Å². The van der Waals surface area contributed by atoms with Crippen LogP contribution in [0.15, 0.2) is 12.2 Å². The van der Waals surface area contributed by atoms with E-state index in [2.05, 4.69) is 48.1 Å². The van der Waals surface area contributed by atoms with Crippen molar-refractivity contribution in [3.05, 3.63) is 12.2 Å². The first kappa shape index (κ1) is 25.5. The lowest BCUT2D eigenvalue weighted by Crippen LogP contribution is -2.68. The maximum Gasteiger partial charge on any atom is 0.309 e.